The molecule has 0 saturated carbocycles. The van der Waals surface area contributed by atoms with Gasteiger partial charge in [-0.3, -0.25) is 4.99 Å². The van der Waals surface area contributed by atoms with Gasteiger partial charge in [-0.15, -0.1) is 24.0 Å². The van der Waals surface area contributed by atoms with Gasteiger partial charge in [0.15, 0.2) is 5.96 Å². The summed E-state index contributed by atoms with van der Waals surface area (Å²) in [6, 6.07) is 15.8. The van der Waals surface area contributed by atoms with Crippen LogP contribution in [0.25, 0.3) is 10.9 Å². The molecule has 0 saturated heterocycles. The highest BCUT2D eigenvalue weighted by atomic mass is 127. The van der Waals surface area contributed by atoms with E-state index in [0.717, 1.165) is 30.8 Å². The van der Waals surface area contributed by atoms with Crippen LogP contribution < -0.4 is 15.4 Å². The molecule has 6 nitrogen and oxygen atoms in total. The lowest BCUT2D eigenvalue weighted by molar-refractivity contribution is 0.186. The third-order valence-electron chi connectivity index (χ3n) is 4.94. The van der Waals surface area contributed by atoms with Crippen molar-refractivity contribution >= 4 is 40.8 Å². The second-order valence-corrected chi connectivity index (χ2v) is 6.96. The minimum absolute atomic E-state index is 0. The Kier molecular flexibility index (Phi) is 9.45. The Bertz CT molecular complexity index is 971. The highest BCUT2D eigenvalue weighted by molar-refractivity contribution is 14.0. The number of benzene rings is 2. The van der Waals surface area contributed by atoms with Gasteiger partial charge >= 0.3 is 0 Å². The van der Waals surface area contributed by atoms with E-state index in [-0.39, 0.29) is 30.5 Å². The van der Waals surface area contributed by atoms with E-state index in [2.05, 4.69) is 45.7 Å². The van der Waals surface area contributed by atoms with Gasteiger partial charge in [-0.1, -0.05) is 30.3 Å². The van der Waals surface area contributed by atoms with E-state index in [1.54, 1.807) is 7.11 Å². The van der Waals surface area contributed by atoms with Crippen molar-refractivity contribution < 1.29 is 9.84 Å². The number of hydrogen-bond donors (Lipinski definition) is 4. The van der Waals surface area contributed by atoms with Gasteiger partial charge in [-0.05, 0) is 49.6 Å². The Labute approximate surface area is 195 Å². The number of ether oxygens (including phenoxy) is 1. The largest absolute Gasteiger partial charge is 0.497 e. The number of para-hydroxylation sites is 1. The molecule has 1 atom stereocenters. The molecule has 162 valence electrons. The number of nitrogens with one attached hydrogen (secondary N) is 3. The molecule has 1 heterocycles. The van der Waals surface area contributed by atoms with Gasteiger partial charge in [0.2, 0.25) is 0 Å². The van der Waals surface area contributed by atoms with Crippen molar-refractivity contribution in [2.75, 3.05) is 26.7 Å². The molecule has 1 aromatic heterocycles. The first-order valence-electron chi connectivity index (χ1n) is 10.0. The lowest BCUT2D eigenvalue weighted by Gasteiger charge is -2.14. The van der Waals surface area contributed by atoms with E-state index >= 15 is 0 Å². The fourth-order valence-corrected chi connectivity index (χ4v) is 3.44. The molecule has 2 aromatic carbocycles. The molecule has 0 radical (unpaired) electrons. The number of aliphatic imine (C=N–C) groups is 1. The van der Waals surface area contributed by atoms with Crippen LogP contribution in [0.3, 0.4) is 0 Å². The van der Waals surface area contributed by atoms with Crippen molar-refractivity contribution in [2.45, 2.75) is 26.4 Å². The van der Waals surface area contributed by atoms with Crippen molar-refractivity contribution in [3.05, 3.63) is 65.4 Å². The third-order valence-corrected chi connectivity index (χ3v) is 4.94. The summed E-state index contributed by atoms with van der Waals surface area (Å²) in [6.07, 6.45) is 0.204. The van der Waals surface area contributed by atoms with E-state index < -0.39 is 6.10 Å². The lowest BCUT2D eigenvalue weighted by Crippen LogP contribution is -2.38. The minimum Gasteiger partial charge on any atom is -0.497 e. The first-order valence-corrected chi connectivity index (χ1v) is 10.0. The van der Waals surface area contributed by atoms with Gasteiger partial charge in [0.1, 0.15) is 5.75 Å². The summed E-state index contributed by atoms with van der Waals surface area (Å²) in [5, 5.41) is 18.3. The molecule has 0 aliphatic heterocycles. The van der Waals surface area contributed by atoms with Gasteiger partial charge in [0.05, 0.1) is 19.8 Å². The van der Waals surface area contributed by atoms with Gasteiger partial charge in [0, 0.05) is 29.7 Å². The van der Waals surface area contributed by atoms with Crippen LogP contribution >= 0.6 is 24.0 Å². The van der Waals surface area contributed by atoms with E-state index in [0.29, 0.717) is 5.96 Å². The van der Waals surface area contributed by atoms with Crippen LogP contribution in [-0.2, 0) is 6.42 Å². The fourth-order valence-electron chi connectivity index (χ4n) is 3.44. The molecule has 0 fully saturated rings. The highest BCUT2D eigenvalue weighted by Gasteiger charge is 2.10. The summed E-state index contributed by atoms with van der Waals surface area (Å²) < 4.78 is 5.22. The summed E-state index contributed by atoms with van der Waals surface area (Å²) in [4.78, 5) is 7.99. The number of fused-ring (bicyclic) bond motifs is 1. The molecular weight excluding hydrogens is 491 g/mol. The molecule has 0 bridgehead atoms. The molecule has 1 unspecified atom stereocenters. The number of halogens is 1. The van der Waals surface area contributed by atoms with E-state index in [1.165, 1.54) is 22.2 Å². The Morgan fingerprint density at radius 1 is 1.17 bits per heavy atom. The number of rotatable bonds is 8. The average Bonchev–Trinajstić information content (AvgIpc) is 3.07. The molecule has 4 N–H and O–H groups in total. The molecule has 30 heavy (non-hydrogen) atoms. The van der Waals surface area contributed by atoms with Crippen molar-refractivity contribution in [1.82, 2.24) is 15.6 Å². The highest BCUT2D eigenvalue weighted by Crippen LogP contribution is 2.22. The first-order chi connectivity index (χ1) is 14.1. The normalized spacial score (nSPS) is 12.3. The zero-order valence-corrected chi connectivity index (χ0v) is 20.1. The van der Waals surface area contributed by atoms with Crippen LogP contribution in [0.4, 0.5) is 0 Å². The van der Waals surface area contributed by atoms with Crippen LogP contribution in [0.2, 0.25) is 0 Å². The van der Waals surface area contributed by atoms with Crippen molar-refractivity contribution in [1.29, 1.82) is 0 Å². The van der Waals surface area contributed by atoms with Crippen LogP contribution in [-0.4, -0.2) is 42.8 Å². The quantitative estimate of drug-likeness (QED) is 0.205. The zero-order valence-electron chi connectivity index (χ0n) is 17.7. The molecular formula is C23H31IN4O2. The van der Waals surface area contributed by atoms with Crippen LogP contribution in [0.15, 0.2) is 53.5 Å². The van der Waals surface area contributed by atoms with E-state index in [4.69, 9.17) is 4.74 Å². The third kappa shape index (κ3) is 6.12. The number of aromatic nitrogens is 1. The molecule has 0 aliphatic rings. The van der Waals surface area contributed by atoms with E-state index in [9.17, 15) is 5.11 Å². The predicted octanol–water partition coefficient (Wildman–Crippen LogP) is 3.93. The number of nitrogens with zero attached hydrogens (tertiary/aromatic N) is 1. The molecule has 3 aromatic rings. The van der Waals surface area contributed by atoms with Gasteiger partial charge in [0.25, 0.3) is 0 Å². The lowest BCUT2D eigenvalue weighted by atomic mass is 10.1. The summed E-state index contributed by atoms with van der Waals surface area (Å²) in [5.74, 6) is 1.43. The minimum atomic E-state index is -0.684. The zero-order chi connectivity index (χ0) is 20.6. The SMILES string of the molecule is CCNC(=NCC(O)c1cccc(OC)c1)NCCc1c(C)[nH]c2ccccc12.I. The number of aliphatic hydroxyl groups excluding tert-OH is 1. The number of aliphatic hydroxyl groups is 1. The molecule has 0 aliphatic carbocycles. The number of aromatic amines is 1. The second kappa shape index (κ2) is 11.8. The van der Waals surface area contributed by atoms with Crippen molar-refractivity contribution in [3.8, 4) is 5.75 Å². The van der Waals surface area contributed by atoms with Gasteiger partial charge in [-0.2, -0.15) is 0 Å². The summed E-state index contributed by atoms with van der Waals surface area (Å²) in [5.41, 5.74) is 4.48. The predicted molar refractivity (Wildman–Crippen MR) is 134 cm³/mol. The Morgan fingerprint density at radius 3 is 2.73 bits per heavy atom. The number of methoxy groups -OCH3 is 1. The van der Waals surface area contributed by atoms with Crippen molar-refractivity contribution in [2.24, 2.45) is 4.99 Å². The Morgan fingerprint density at radius 2 is 1.97 bits per heavy atom. The molecule has 7 heteroatoms. The Hall–Kier alpha value is -2.26. The van der Waals surface area contributed by atoms with Crippen LogP contribution in [0.1, 0.15) is 29.8 Å². The van der Waals surface area contributed by atoms with Gasteiger partial charge in [-0.25, -0.2) is 0 Å². The summed E-state index contributed by atoms with van der Waals surface area (Å²) in [6.45, 7) is 5.92. The standard InChI is InChI=1S/C23H30N4O2.HI/c1-4-24-23(26-15-22(28)17-8-7-9-18(14-17)29-3)25-13-12-19-16(2)27-21-11-6-5-10-20(19)21;/h5-11,14,22,27-28H,4,12-13,15H2,1-3H3,(H2,24,25,26);1H. The van der Waals surface area contributed by atoms with Crippen LogP contribution in [0, 0.1) is 6.92 Å². The van der Waals surface area contributed by atoms with Crippen LogP contribution in [0.5, 0.6) is 5.75 Å². The maximum Gasteiger partial charge on any atom is 0.191 e. The topological polar surface area (TPSA) is 81.7 Å². The maximum absolute atomic E-state index is 10.5. The smallest absolute Gasteiger partial charge is 0.191 e. The number of H-pyrrole nitrogens is 1. The van der Waals surface area contributed by atoms with Crippen molar-refractivity contribution in [3.63, 3.8) is 0 Å². The fraction of sp³-hybridized carbons (Fsp3) is 0.348. The number of aryl methyl sites for hydroxylation is 1. The maximum atomic E-state index is 10.5. The monoisotopic (exact) mass is 522 g/mol. The number of hydrogen-bond acceptors (Lipinski definition) is 3. The first kappa shape index (κ1) is 24.0. The molecule has 0 spiro atoms. The second-order valence-electron chi connectivity index (χ2n) is 6.96. The Balaban J connectivity index is 0.00000320. The van der Waals surface area contributed by atoms with Gasteiger partial charge < -0.3 is 25.5 Å². The summed E-state index contributed by atoms with van der Waals surface area (Å²) in [7, 11) is 1.62. The van der Waals surface area contributed by atoms with E-state index in [1.807, 2.05) is 37.3 Å². The average molecular weight is 522 g/mol. The molecule has 0 amide bonds. The number of guanidine groups is 1. The summed E-state index contributed by atoms with van der Waals surface area (Å²) >= 11 is 0. The molecule has 3 rings (SSSR count).